The Hall–Kier alpha value is -0.990. The van der Waals surface area contributed by atoms with Gasteiger partial charge in [-0.1, -0.05) is 26.2 Å². The third-order valence-corrected chi connectivity index (χ3v) is 3.29. The number of anilines is 1. The van der Waals surface area contributed by atoms with E-state index in [1.54, 1.807) is 0 Å². The molecule has 0 spiro atoms. The van der Waals surface area contributed by atoms with Crippen LogP contribution >= 0.6 is 0 Å². The maximum Gasteiger partial charge on any atom is 0.0726 e. The fourth-order valence-corrected chi connectivity index (χ4v) is 1.97. The number of hydrogen-bond acceptors (Lipinski definition) is 2. The molecule has 3 heteroatoms. The molecule has 0 aromatic carbocycles. The van der Waals surface area contributed by atoms with Crippen molar-refractivity contribution in [1.82, 2.24) is 9.78 Å². The van der Waals surface area contributed by atoms with Gasteiger partial charge in [-0.3, -0.25) is 4.68 Å². The Labute approximate surface area is 85.5 Å². The second-order valence-corrected chi connectivity index (χ2v) is 4.45. The lowest BCUT2D eigenvalue weighted by Crippen LogP contribution is -2.25. The van der Waals surface area contributed by atoms with E-state index in [0.717, 1.165) is 24.1 Å². The van der Waals surface area contributed by atoms with Gasteiger partial charge < -0.3 is 5.32 Å². The maximum atomic E-state index is 4.13. The van der Waals surface area contributed by atoms with E-state index in [1.807, 2.05) is 24.1 Å². The van der Waals surface area contributed by atoms with Crippen molar-refractivity contribution in [2.75, 3.05) is 11.9 Å². The molecule has 0 amide bonds. The molecule has 0 bridgehead atoms. The fourth-order valence-electron chi connectivity index (χ4n) is 1.97. The van der Waals surface area contributed by atoms with Crippen LogP contribution in [0.25, 0.3) is 0 Å². The number of nitrogens with one attached hydrogen (secondary N) is 1. The highest BCUT2D eigenvalue weighted by Crippen LogP contribution is 2.33. The lowest BCUT2D eigenvalue weighted by molar-refractivity contribution is 0.229. The minimum absolute atomic E-state index is 0.795. The Morgan fingerprint density at radius 1 is 1.64 bits per heavy atom. The number of aryl methyl sites for hydroxylation is 1. The zero-order valence-electron chi connectivity index (χ0n) is 9.03. The maximum absolute atomic E-state index is 4.13. The Morgan fingerprint density at radius 2 is 2.43 bits per heavy atom. The molecule has 2 rings (SSSR count). The lowest BCUT2D eigenvalue weighted by atomic mass is 9.77. The molecule has 0 radical (unpaired) electrons. The second kappa shape index (κ2) is 4.03. The van der Waals surface area contributed by atoms with Crippen LogP contribution in [0.15, 0.2) is 12.4 Å². The molecule has 14 heavy (non-hydrogen) atoms. The van der Waals surface area contributed by atoms with Crippen molar-refractivity contribution in [1.29, 1.82) is 0 Å². The first kappa shape index (κ1) is 9.56. The molecule has 1 aliphatic rings. The first-order chi connectivity index (χ1) is 6.75. The molecule has 1 unspecified atom stereocenters. The predicted octanol–water partition coefficient (Wildman–Crippen LogP) is 2.27. The van der Waals surface area contributed by atoms with E-state index in [0.29, 0.717) is 0 Å². The Kier molecular flexibility index (Phi) is 2.75. The number of hydrogen-bond donors (Lipinski definition) is 1. The smallest absolute Gasteiger partial charge is 0.0726 e. The molecule has 1 aromatic rings. The first-order valence-corrected chi connectivity index (χ1v) is 5.48. The van der Waals surface area contributed by atoms with Gasteiger partial charge in [0.15, 0.2) is 0 Å². The van der Waals surface area contributed by atoms with Crippen molar-refractivity contribution in [3.05, 3.63) is 12.4 Å². The van der Waals surface area contributed by atoms with E-state index >= 15 is 0 Å². The van der Waals surface area contributed by atoms with Crippen LogP contribution in [0.2, 0.25) is 0 Å². The third-order valence-electron chi connectivity index (χ3n) is 3.29. The standard InChI is InChI=1S/C11H19N3/c1-9(10-4-3-5-10)6-12-11-7-13-14(2)8-11/h7-10,12H,3-6H2,1-2H3. The highest BCUT2D eigenvalue weighted by molar-refractivity contribution is 5.37. The monoisotopic (exact) mass is 193 g/mol. The summed E-state index contributed by atoms with van der Waals surface area (Å²) in [5.74, 6) is 1.75. The van der Waals surface area contributed by atoms with Crippen LogP contribution in [-0.4, -0.2) is 16.3 Å². The van der Waals surface area contributed by atoms with Crippen LogP contribution in [0, 0.1) is 11.8 Å². The van der Waals surface area contributed by atoms with E-state index in [4.69, 9.17) is 0 Å². The van der Waals surface area contributed by atoms with Gasteiger partial charge in [0, 0.05) is 19.8 Å². The Bertz CT molecular complexity index is 288. The van der Waals surface area contributed by atoms with Crippen LogP contribution in [-0.2, 0) is 7.05 Å². The van der Waals surface area contributed by atoms with Gasteiger partial charge in [0.1, 0.15) is 0 Å². The normalized spacial score (nSPS) is 19.0. The molecule has 1 aromatic heterocycles. The SMILES string of the molecule is CC(CNc1cnn(C)c1)C1CCC1. The van der Waals surface area contributed by atoms with Gasteiger partial charge >= 0.3 is 0 Å². The summed E-state index contributed by atoms with van der Waals surface area (Å²) < 4.78 is 1.83. The molecule has 78 valence electrons. The Balaban J connectivity index is 1.76. The van der Waals surface area contributed by atoms with E-state index < -0.39 is 0 Å². The van der Waals surface area contributed by atoms with Gasteiger partial charge in [0.05, 0.1) is 11.9 Å². The average Bonchev–Trinajstić information content (AvgIpc) is 2.45. The minimum Gasteiger partial charge on any atom is -0.382 e. The molecule has 1 N–H and O–H groups in total. The number of nitrogens with zero attached hydrogens (tertiary/aromatic N) is 2. The molecule has 1 heterocycles. The molecule has 1 atom stereocenters. The van der Waals surface area contributed by atoms with Gasteiger partial charge in [-0.2, -0.15) is 5.10 Å². The van der Waals surface area contributed by atoms with Crippen LogP contribution in [0.1, 0.15) is 26.2 Å². The van der Waals surface area contributed by atoms with Crippen LogP contribution < -0.4 is 5.32 Å². The zero-order valence-corrected chi connectivity index (χ0v) is 9.03. The summed E-state index contributed by atoms with van der Waals surface area (Å²) in [6.07, 6.45) is 8.19. The van der Waals surface area contributed by atoms with E-state index in [1.165, 1.54) is 19.3 Å². The topological polar surface area (TPSA) is 29.9 Å². The zero-order chi connectivity index (χ0) is 9.97. The number of rotatable bonds is 4. The summed E-state index contributed by atoms with van der Waals surface area (Å²) in [4.78, 5) is 0. The molecule has 1 fully saturated rings. The van der Waals surface area contributed by atoms with Crippen molar-refractivity contribution in [2.24, 2.45) is 18.9 Å². The molecule has 1 aliphatic carbocycles. The average molecular weight is 193 g/mol. The van der Waals surface area contributed by atoms with Crippen molar-refractivity contribution in [3.8, 4) is 0 Å². The second-order valence-electron chi connectivity index (χ2n) is 4.45. The van der Waals surface area contributed by atoms with Gasteiger partial charge in [0.25, 0.3) is 0 Å². The van der Waals surface area contributed by atoms with Gasteiger partial charge in [-0.15, -0.1) is 0 Å². The predicted molar refractivity (Wildman–Crippen MR) is 58.2 cm³/mol. The van der Waals surface area contributed by atoms with Gasteiger partial charge in [-0.05, 0) is 11.8 Å². The summed E-state index contributed by atoms with van der Waals surface area (Å²) in [6, 6.07) is 0. The van der Waals surface area contributed by atoms with Crippen molar-refractivity contribution >= 4 is 5.69 Å². The largest absolute Gasteiger partial charge is 0.382 e. The fraction of sp³-hybridized carbons (Fsp3) is 0.727. The molecule has 1 saturated carbocycles. The summed E-state index contributed by atoms with van der Waals surface area (Å²) >= 11 is 0. The molecule has 3 nitrogen and oxygen atoms in total. The molecular formula is C11H19N3. The van der Waals surface area contributed by atoms with E-state index in [2.05, 4.69) is 17.3 Å². The van der Waals surface area contributed by atoms with Crippen LogP contribution in [0.5, 0.6) is 0 Å². The summed E-state index contributed by atoms with van der Waals surface area (Å²) in [5.41, 5.74) is 1.14. The summed E-state index contributed by atoms with van der Waals surface area (Å²) in [6.45, 7) is 3.42. The first-order valence-electron chi connectivity index (χ1n) is 5.48. The third kappa shape index (κ3) is 2.08. The van der Waals surface area contributed by atoms with E-state index in [9.17, 15) is 0 Å². The quantitative estimate of drug-likeness (QED) is 0.795. The molecular weight excluding hydrogens is 174 g/mol. The van der Waals surface area contributed by atoms with Crippen molar-refractivity contribution in [3.63, 3.8) is 0 Å². The van der Waals surface area contributed by atoms with Crippen LogP contribution in [0.3, 0.4) is 0 Å². The van der Waals surface area contributed by atoms with E-state index in [-0.39, 0.29) is 0 Å². The summed E-state index contributed by atoms with van der Waals surface area (Å²) in [7, 11) is 1.94. The van der Waals surface area contributed by atoms with Gasteiger partial charge in [-0.25, -0.2) is 0 Å². The lowest BCUT2D eigenvalue weighted by Gasteiger charge is -2.31. The van der Waals surface area contributed by atoms with Gasteiger partial charge in [0.2, 0.25) is 0 Å². The highest BCUT2D eigenvalue weighted by atomic mass is 15.3. The van der Waals surface area contributed by atoms with Crippen LogP contribution in [0.4, 0.5) is 5.69 Å². The van der Waals surface area contributed by atoms with Crippen molar-refractivity contribution in [2.45, 2.75) is 26.2 Å². The Morgan fingerprint density at radius 3 is 2.93 bits per heavy atom. The number of aromatic nitrogens is 2. The van der Waals surface area contributed by atoms with Crippen molar-refractivity contribution < 1.29 is 0 Å². The molecule has 0 saturated heterocycles. The summed E-state index contributed by atoms with van der Waals surface area (Å²) in [5, 5.41) is 7.56. The minimum atomic E-state index is 0.795. The highest BCUT2D eigenvalue weighted by Gasteiger charge is 2.23. The molecule has 0 aliphatic heterocycles.